The molecule has 1 aromatic heterocycles. The van der Waals surface area contributed by atoms with Crippen LogP contribution < -0.4 is 9.80 Å². The molecule has 0 saturated carbocycles. The standard InChI is InChI=1S/C58H45B2F4N3O4/c1-2-3-36-65-53-34-28-43(55(68)39-57(70-59(61)62)41-24-30-49(31-25-41)66(45-16-8-4-9-17-45)46-18-10-5-11-19-46)37-51(53)52-38-44(29-35-54(52)65)56(69)40-58(71-60(63)64)42-26-32-50(33-27-42)67(47-20-12-6-13-21-47)48-22-14-7-15-23-48/h4-35,37-40H,2-3,36H2,1H3/b57-39-,58-40-. The minimum atomic E-state index is -3.21. The van der Waals surface area contributed by atoms with Crippen molar-refractivity contribution in [1.82, 2.24) is 4.57 Å². The van der Waals surface area contributed by atoms with E-state index in [0.717, 1.165) is 70.2 Å². The van der Waals surface area contributed by atoms with Crippen molar-refractivity contribution in [3.63, 3.8) is 0 Å². The molecule has 1 heterocycles. The number of aromatic nitrogens is 1. The third kappa shape index (κ3) is 10.8. The lowest BCUT2D eigenvalue weighted by Gasteiger charge is -2.25. The lowest BCUT2D eigenvalue weighted by Crippen LogP contribution is -2.10. The highest BCUT2D eigenvalue weighted by Crippen LogP contribution is 2.38. The Hall–Kier alpha value is -8.57. The summed E-state index contributed by atoms with van der Waals surface area (Å²) < 4.78 is 68.1. The average molecular weight is 946 g/mol. The fourth-order valence-electron chi connectivity index (χ4n) is 8.69. The Labute approximate surface area is 409 Å². The number of carbonyl (C=O) groups excluding carboxylic acids is 2. The molecule has 0 radical (unpaired) electrons. The quantitative estimate of drug-likeness (QED) is 0.0265. The number of benzene rings is 8. The molecule has 0 N–H and O–H groups in total. The minimum Gasteiger partial charge on any atom is -0.505 e. The van der Waals surface area contributed by atoms with Gasteiger partial charge < -0.3 is 23.7 Å². The van der Waals surface area contributed by atoms with E-state index in [-0.39, 0.29) is 33.8 Å². The molecule has 350 valence electrons. The van der Waals surface area contributed by atoms with E-state index in [1.165, 1.54) is 0 Å². The first-order chi connectivity index (χ1) is 34.6. The van der Waals surface area contributed by atoms with Gasteiger partial charge in [0, 0.05) is 96.9 Å². The number of halogens is 4. The van der Waals surface area contributed by atoms with Crippen LogP contribution >= 0.6 is 0 Å². The van der Waals surface area contributed by atoms with Gasteiger partial charge in [-0.15, -0.1) is 0 Å². The van der Waals surface area contributed by atoms with E-state index in [4.69, 9.17) is 9.31 Å². The molecule has 13 heteroatoms. The fourth-order valence-corrected chi connectivity index (χ4v) is 8.69. The van der Waals surface area contributed by atoms with E-state index in [9.17, 15) is 26.9 Å². The largest absolute Gasteiger partial charge is 0.796 e. The summed E-state index contributed by atoms with van der Waals surface area (Å²) in [4.78, 5) is 32.2. The molecule has 9 rings (SSSR count). The highest BCUT2D eigenvalue weighted by Gasteiger charge is 2.25. The SMILES string of the molecule is CCCCn1c2ccc(C(=O)/C=C(\OB(F)F)c3ccc(N(c4ccccc4)c4ccccc4)cc3)cc2c2cc(C(=O)/C=C(\OB(F)F)c3ccc(N(c4ccccc4)c4ccccc4)cc3)ccc21. The second kappa shape index (κ2) is 21.8. The minimum absolute atomic E-state index is 0.198. The number of rotatable bonds is 19. The van der Waals surface area contributed by atoms with Crippen molar-refractivity contribution >= 4 is 94.0 Å². The fraction of sp³-hybridized carbons (Fsp3) is 0.0690. The van der Waals surface area contributed by atoms with Gasteiger partial charge in [-0.25, -0.2) is 17.3 Å². The number of hydrogen-bond acceptors (Lipinski definition) is 6. The van der Waals surface area contributed by atoms with Crippen LogP contribution in [0.25, 0.3) is 33.3 Å². The van der Waals surface area contributed by atoms with Gasteiger partial charge in [0.25, 0.3) is 0 Å². The highest BCUT2D eigenvalue weighted by atomic mass is 19.2. The van der Waals surface area contributed by atoms with Crippen molar-refractivity contribution in [2.24, 2.45) is 0 Å². The Balaban J connectivity index is 1.04. The molecule has 71 heavy (non-hydrogen) atoms. The smallest absolute Gasteiger partial charge is 0.505 e. The predicted octanol–water partition coefficient (Wildman–Crippen LogP) is 15.9. The number of carbonyl (C=O) groups is 2. The first-order valence-corrected chi connectivity index (χ1v) is 23.1. The number of ketones is 2. The van der Waals surface area contributed by atoms with Crippen LogP contribution in [-0.4, -0.2) is 31.1 Å². The van der Waals surface area contributed by atoms with Crippen molar-refractivity contribution in [1.29, 1.82) is 0 Å². The summed E-state index contributed by atoms with van der Waals surface area (Å²) in [6, 6.07) is 62.7. The van der Waals surface area contributed by atoms with Crippen LogP contribution in [0.5, 0.6) is 0 Å². The maximum Gasteiger partial charge on any atom is 0.796 e. The number of fused-ring (bicyclic) bond motifs is 3. The van der Waals surface area contributed by atoms with Crippen LogP contribution in [-0.2, 0) is 15.9 Å². The van der Waals surface area contributed by atoms with Crippen LogP contribution in [0.2, 0.25) is 0 Å². The van der Waals surface area contributed by atoms with Gasteiger partial charge in [0.2, 0.25) is 0 Å². The molecule has 9 aromatic rings. The molecule has 0 saturated heterocycles. The van der Waals surface area contributed by atoms with Crippen molar-refractivity contribution in [3.8, 4) is 0 Å². The maximum absolute atomic E-state index is 14.1. The molecule has 0 aliphatic rings. The van der Waals surface area contributed by atoms with Gasteiger partial charge in [0.1, 0.15) is 11.5 Å². The van der Waals surface area contributed by atoms with Gasteiger partial charge in [0.05, 0.1) is 0 Å². The van der Waals surface area contributed by atoms with Crippen molar-refractivity contribution in [3.05, 3.63) is 241 Å². The Kier molecular flexibility index (Phi) is 14.6. The zero-order chi connectivity index (χ0) is 49.3. The van der Waals surface area contributed by atoms with Gasteiger partial charge in [-0.2, -0.15) is 0 Å². The summed E-state index contributed by atoms with van der Waals surface area (Å²) in [5, 5.41) is 1.27. The van der Waals surface area contributed by atoms with Crippen molar-refractivity contribution in [2.45, 2.75) is 26.3 Å². The first kappa shape index (κ1) is 47.5. The van der Waals surface area contributed by atoms with E-state index in [1.54, 1.807) is 84.9 Å². The zero-order valence-corrected chi connectivity index (χ0v) is 38.5. The number of para-hydroxylation sites is 4. The second-order valence-electron chi connectivity index (χ2n) is 16.6. The number of hydrogen-bond donors (Lipinski definition) is 0. The monoisotopic (exact) mass is 945 g/mol. The topological polar surface area (TPSA) is 64.0 Å². The molecule has 0 fully saturated rings. The van der Waals surface area contributed by atoms with Crippen molar-refractivity contribution < 1.29 is 36.2 Å². The van der Waals surface area contributed by atoms with E-state index in [2.05, 4.69) is 11.5 Å². The van der Waals surface area contributed by atoms with Gasteiger partial charge in [-0.05, 0) is 140 Å². The third-order valence-electron chi connectivity index (χ3n) is 12.0. The Morgan fingerprint density at radius 2 is 0.761 bits per heavy atom. The zero-order valence-electron chi connectivity index (χ0n) is 38.5. The highest BCUT2D eigenvalue weighted by molar-refractivity contribution is 6.36. The summed E-state index contributed by atoms with van der Waals surface area (Å²) in [7, 11) is -6.42. The summed E-state index contributed by atoms with van der Waals surface area (Å²) >= 11 is 0. The van der Waals surface area contributed by atoms with Gasteiger partial charge in [-0.1, -0.05) is 86.1 Å². The molecule has 7 nitrogen and oxygen atoms in total. The second-order valence-corrected chi connectivity index (χ2v) is 16.6. The number of aryl methyl sites for hydroxylation is 1. The summed E-state index contributed by atoms with van der Waals surface area (Å²) in [6.07, 6.45) is 3.86. The molecule has 0 aliphatic carbocycles. The van der Waals surface area contributed by atoms with Crippen LogP contribution in [0.15, 0.2) is 218 Å². The average Bonchev–Trinajstić information content (AvgIpc) is 3.71. The van der Waals surface area contributed by atoms with Gasteiger partial charge >= 0.3 is 14.9 Å². The molecular weight excluding hydrogens is 900 g/mol. The molecule has 0 amide bonds. The van der Waals surface area contributed by atoms with Crippen LogP contribution in [0, 0.1) is 0 Å². The van der Waals surface area contributed by atoms with Crippen LogP contribution in [0.1, 0.15) is 51.6 Å². The molecule has 0 atom stereocenters. The van der Waals surface area contributed by atoms with E-state index < -0.39 is 26.5 Å². The predicted molar refractivity (Wildman–Crippen MR) is 279 cm³/mol. The third-order valence-corrected chi connectivity index (χ3v) is 12.0. The molecule has 0 unspecified atom stereocenters. The van der Waals surface area contributed by atoms with Crippen LogP contribution in [0.3, 0.4) is 0 Å². The maximum atomic E-state index is 14.1. The first-order valence-electron chi connectivity index (χ1n) is 23.1. The molecule has 8 aromatic carbocycles. The normalized spacial score (nSPS) is 11.6. The Morgan fingerprint density at radius 1 is 0.451 bits per heavy atom. The number of allylic oxidation sites excluding steroid dienone is 2. The summed E-state index contributed by atoms with van der Waals surface area (Å²) in [6.45, 7) is 2.71. The number of anilines is 6. The lowest BCUT2D eigenvalue weighted by molar-refractivity contribution is 0.103. The molecular formula is C58H45B2F4N3O4. The van der Waals surface area contributed by atoms with Crippen LogP contribution in [0.4, 0.5) is 51.4 Å². The van der Waals surface area contributed by atoms with E-state index >= 15 is 0 Å². The number of unbranched alkanes of at least 4 members (excludes halogenated alkanes) is 1. The van der Waals surface area contributed by atoms with Gasteiger partial charge in [-0.3, -0.25) is 9.59 Å². The lowest BCUT2D eigenvalue weighted by atomic mass is 10.0. The Bertz CT molecular complexity index is 3040. The molecule has 0 spiro atoms. The summed E-state index contributed by atoms with van der Waals surface area (Å²) in [5.41, 5.74) is 7.59. The Morgan fingerprint density at radius 3 is 1.07 bits per heavy atom. The molecule has 0 aliphatic heterocycles. The summed E-state index contributed by atoms with van der Waals surface area (Å²) in [5.74, 6) is -1.79. The van der Waals surface area contributed by atoms with Crippen molar-refractivity contribution in [2.75, 3.05) is 9.80 Å². The van der Waals surface area contributed by atoms with E-state index in [1.807, 2.05) is 131 Å². The van der Waals surface area contributed by atoms with E-state index in [0.29, 0.717) is 17.3 Å². The number of nitrogens with zero attached hydrogens (tertiary/aromatic N) is 3. The van der Waals surface area contributed by atoms with Gasteiger partial charge in [0.15, 0.2) is 11.6 Å². The molecule has 0 bridgehead atoms.